The summed E-state index contributed by atoms with van der Waals surface area (Å²) in [4.78, 5) is 39.2. The minimum Gasteiger partial charge on any atom is -0.477 e. The van der Waals surface area contributed by atoms with E-state index in [4.69, 9.17) is 4.74 Å². The van der Waals surface area contributed by atoms with Crippen LogP contribution in [-0.4, -0.2) is 78.4 Å². The Morgan fingerprint density at radius 3 is 2.34 bits per heavy atom. The monoisotopic (exact) mass is 452 g/mol. The first-order valence-corrected chi connectivity index (χ1v) is 10.0. The van der Waals surface area contributed by atoms with Gasteiger partial charge in [0, 0.05) is 51.1 Å². The summed E-state index contributed by atoms with van der Waals surface area (Å²) in [6, 6.07) is 0.468. The Balaban J connectivity index is 2.26. The third-order valence-electron chi connectivity index (χ3n) is 5.54. The number of anilines is 2. The van der Waals surface area contributed by atoms with Crippen molar-refractivity contribution in [3.8, 4) is 0 Å². The van der Waals surface area contributed by atoms with Gasteiger partial charge in [-0.15, -0.1) is 0 Å². The summed E-state index contributed by atoms with van der Waals surface area (Å²) in [5, 5.41) is 30.5. The van der Waals surface area contributed by atoms with Crippen molar-refractivity contribution < 1.29 is 33.9 Å². The van der Waals surface area contributed by atoms with Crippen LogP contribution in [0.4, 0.5) is 21.5 Å². The lowest BCUT2D eigenvalue weighted by atomic mass is 10.0. The Bertz CT molecular complexity index is 940. The zero-order chi connectivity index (χ0) is 23.6. The molecule has 0 unspecified atom stereocenters. The fraction of sp³-hybridized carbons (Fsp3) is 0.500. The van der Waals surface area contributed by atoms with Gasteiger partial charge < -0.3 is 29.6 Å². The van der Waals surface area contributed by atoms with Crippen molar-refractivity contribution >= 4 is 29.0 Å². The van der Waals surface area contributed by atoms with Gasteiger partial charge in [0.2, 0.25) is 0 Å². The minimum absolute atomic E-state index is 0.0466. The first kappa shape index (κ1) is 23.4. The third-order valence-corrected chi connectivity index (χ3v) is 5.54. The van der Waals surface area contributed by atoms with E-state index >= 15 is 4.39 Å². The van der Waals surface area contributed by atoms with Gasteiger partial charge >= 0.3 is 11.9 Å². The number of halogens is 1. The number of carboxylic acid groups (broad SMARTS) is 2. The highest BCUT2D eigenvalue weighted by atomic mass is 19.1. The molecule has 1 aromatic carbocycles. The molecule has 0 aromatic heterocycles. The number of rotatable bonds is 9. The maximum absolute atomic E-state index is 15.2. The van der Waals surface area contributed by atoms with Gasteiger partial charge in [-0.05, 0) is 19.9 Å². The molecule has 2 aliphatic rings. The van der Waals surface area contributed by atoms with Crippen LogP contribution in [0.5, 0.6) is 0 Å². The Morgan fingerprint density at radius 1 is 1.28 bits per heavy atom. The number of carbonyl (C=O) groups is 2. The van der Waals surface area contributed by atoms with E-state index in [9.17, 15) is 29.9 Å². The highest BCUT2D eigenvalue weighted by molar-refractivity contribution is 6.12. The first-order valence-electron chi connectivity index (χ1n) is 10.0. The SMILES string of the molecule is COCc1c(N2CCN(C)CC2)c(F)cc([N+](=O)[O-])c1N(C=C(C(=O)O)C(=O)O)C1CC1. The van der Waals surface area contributed by atoms with Gasteiger partial charge in [0.15, 0.2) is 11.4 Å². The second-order valence-electron chi connectivity index (χ2n) is 7.83. The third kappa shape index (κ3) is 4.81. The van der Waals surface area contributed by atoms with Crippen LogP contribution in [0.25, 0.3) is 0 Å². The van der Waals surface area contributed by atoms with Crippen LogP contribution in [0.1, 0.15) is 18.4 Å². The predicted molar refractivity (Wildman–Crippen MR) is 112 cm³/mol. The van der Waals surface area contributed by atoms with Crippen LogP contribution in [0.2, 0.25) is 0 Å². The maximum Gasteiger partial charge on any atom is 0.344 e. The molecule has 1 aliphatic heterocycles. The molecule has 32 heavy (non-hydrogen) atoms. The van der Waals surface area contributed by atoms with Crippen LogP contribution in [0, 0.1) is 15.9 Å². The molecule has 11 nitrogen and oxygen atoms in total. The summed E-state index contributed by atoms with van der Waals surface area (Å²) in [6.07, 6.45) is 2.04. The van der Waals surface area contributed by atoms with Crippen molar-refractivity contribution in [2.45, 2.75) is 25.5 Å². The zero-order valence-corrected chi connectivity index (χ0v) is 17.8. The molecule has 1 aliphatic carbocycles. The van der Waals surface area contributed by atoms with E-state index in [2.05, 4.69) is 4.90 Å². The number of nitro groups is 1. The lowest BCUT2D eigenvalue weighted by Crippen LogP contribution is -2.45. The topological polar surface area (TPSA) is 137 Å². The summed E-state index contributed by atoms with van der Waals surface area (Å²) < 4.78 is 20.5. The Kier molecular flexibility index (Phi) is 6.94. The second kappa shape index (κ2) is 9.49. The molecule has 0 amide bonds. The zero-order valence-electron chi connectivity index (χ0n) is 17.8. The van der Waals surface area contributed by atoms with Gasteiger partial charge in [0.25, 0.3) is 5.69 Å². The summed E-state index contributed by atoms with van der Waals surface area (Å²) >= 11 is 0. The van der Waals surface area contributed by atoms with Gasteiger partial charge in [-0.3, -0.25) is 10.1 Å². The molecule has 174 valence electrons. The van der Waals surface area contributed by atoms with Gasteiger partial charge in [-0.25, -0.2) is 14.0 Å². The van der Waals surface area contributed by atoms with E-state index < -0.39 is 33.9 Å². The van der Waals surface area contributed by atoms with E-state index in [0.717, 1.165) is 12.3 Å². The van der Waals surface area contributed by atoms with Crippen LogP contribution >= 0.6 is 0 Å². The van der Waals surface area contributed by atoms with Crippen LogP contribution < -0.4 is 9.80 Å². The fourth-order valence-electron chi connectivity index (χ4n) is 3.79. The molecule has 1 saturated heterocycles. The van der Waals surface area contributed by atoms with Crippen molar-refractivity contribution in [1.82, 2.24) is 4.90 Å². The standard InChI is InChI=1S/C20H25FN4O7/c1-22-5-7-23(8-6-22)17-14(11-32-2)18(16(25(30)31)9-15(17)21)24(12-3-4-12)10-13(19(26)27)20(28)29/h9-10,12H,3-8,11H2,1-2H3,(H,26,27)(H,28,29). The number of nitrogens with zero attached hydrogens (tertiary/aromatic N) is 4. The number of methoxy groups -OCH3 is 1. The number of piperazine rings is 1. The van der Waals surface area contributed by atoms with Crippen molar-refractivity contribution in [1.29, 1.82) is 0 Å². The van der Waals surface area contributed by atoms with E-state index in [1.807, 2.05) is 7.05 Å². The van der Waals surface area contributed by atoms with Gasteiger partial charge in [-0.2, -0.15) is 0 Å². The van der Waals surface area contributed by atoms with E-state index in [-0.39, 0.29) is 29.6 Å². The number of hydrogen-bond donors (Lipinski definition) is 2. The lowest BCUT2D eigenvalue weighted by Gasteiger charge is -2.36. The van der Waals surface area contributed by atoms with Crippen molar-refractivity contribution in [3.63, 3.8) is 0 Å². The van der Waals surface area contributed by atoms with Crippen LogP contribution in [0.15, 0.2) is 17.8 Å². The molecule has 0 bridgehead atoms. The summed E-state index contributed by atoms with van der Waals surface area (Å²) in [7, 11) is 3.30. The molecule has 3 rings (SSSR count). The van der Waals surface area contributed by atoms with Crippen LogP contribution in [-0.2, 0) is 20.9 Å². The van der Waals surface area contributed by atoms with Crippen molar-refractivity contribution in [2.75, 3.05) is 50.1 Å². The Labute approximate surface area is 183 Å². The number of nitro benzene ring substituents is 1. The number of ether oxygens (including phenoxy) is 1. The predicted octanol–water partition coefficient (Wildman–Crippen LogP) is 1.65. The molecular weight excluding hydrogens is 427 g/mol. The minimum atomic E-state index is -1.68. The average Bonchev–Trinajstić information content (AvgIpc) is 3.55. The van der Waals surface area contributed by atoms with Crippen LogP contribution in [0.3, 0.4) is 0 Å². The summed E-state index contributed by atoms with van der Waals surface area (Å²) in [5.74, 6) is -4.14. The number of carboxylic acids is 2. The normalized spacial score (nSPS) is 16.5. The molecule has 2 N–H and O–H groups in total. The van der Waals surface area contributed by atoms with E-state index in [1.54, 1.807) is 4.90 Å². The molecule has 2 fully saturated rings. The molecule has 0 radical (unpaired) electrons. The Hall–Kier alpha value is -3.25. The first-order chi connectivity index (χ1) is 15.1. The molecule has 0 spiro atoms. The molecular formula is C20H25FN4O7. The van der Waals surface area contributed by atoms with Crippen molar-refractivity contribution in [2.24, 2.45) is 0 Å². The van der Waals surface area contributed by atoms with Crippen molar-refractivity contribution in [3.05, 3.63) is 39.3 Å². The summed E-state index contributed by atoms with van der Waals surface area (Å²) in [5.41, 5.74) is -1.24. The quantitative estimate of drug-likeness (QED) is 0.187. The highest BCUT2D eigenvalue weighted by Gasteiger charge is 2.38. The number of likely N-dealkylation sites (N-methyl/N-ethyl adjacent to an activating group) is 1. The number of hydrogen-bond acceptors (Lipinski definition) is 8. The fourth-order valence-corrected chi connectivity index (χ4v) is 3.79. The molecule has 1 aromatic rings. The highest BCUT2D eigenvalue weighted by Crippen LogP contribution is 2.45. The Morgan fingerprint density at radius 2 is 1.88 bits per heavy atom. The van der Waals surface area contributed by atoms with E-state index in [0.29, 0.717) is 39.0 Å². The van der Waals surface area contributed by atoms with E-state index in [1.165, 1.54) is 12.0 Å². The molecule has 1 saturated carbocycles. The largest absolute Gasteiger partial charge is 0.477 e. The number of benzene rings is 1. The molecule has 12 heteroatoms. The smallest absolute Gasteiger partial charge is 0.344 e. The number of aliphatic carboxylic acids is 2. The van der Waals surface area contributed by atoms with Gasteiger partial charge in [0.1, 0.15) is 5.69 Å². The average molecular weight is 452 g/mol. The molecule has 1 heterocycles. The lowest BCUT2D eigenvalue weighted by molar-refractivity contribution is -0.384. The van der Waals surface area contributed by atoms with Gasteiger partial charge in [-0.1, -0.05) is 0 Å². The van der Waals surface area contributed by atoms with Gasteiger partial charge in [0.05, 0.1) is 23.3 Å². The summed E-state index contributed by atoms with van der Waals surface area (Å²) in [6.45, 7) is 2.10. The maximum atomic E-state index is 15.2. The second-order valence-corrected chi connectivity index (χ2v) is 7.83. The molecule has 0 atom stereocenters.